The Morgan fingerprint density at radius 2 is 1.75 bits per heavy atom. The highest BCUT2D eigenvalue weighted by Gasteiger charge is 2.37. The summed E-state index contributed by atoms with van der Waals surface area (Å²) in [6.07, 6.45) is 1.46. The number of methoxy groups -OCH3 is 2. The summed E-state index contributed by atoms with van der Waals surface area (Å²) < 4.78 is 10.9. The first-order chi connectivity index (χ1) is 13.5. The molecule has 0 fully saturated rings. The van der Waals surface area contributed by atoms with E-state index in [0.717, 1.165) is 34.5 Å². The van der Waals surface area contributed by atoms with Crippen LogP contribution in [-0.4, -0.2) is 38.1 Å². The predicted molar refractivity (Wildman–Crippen MR) is 110 cm³/mol. The Hall–Kier alpha value is -2.95. The molecule has 2 aliphatic heterocycles. The number of anilines is 1. The molecule has 5 heteroatoms. The second-order valence-electron chi connectivity index (χ2n) is 7.47. The largest absolute Gasteiger partial charge is 0.493 e. The lowest BCUT2D eigenvalue weighted by Gasteiger charge is -2.42. The van der Waals surface area contributed by atoms with Crippen LogP contribution in [0.3, 0.4) is 0 Å². The van der Waals surface area contributed by atoms with Crippen LogP contribution in [0, 0.1) is 0 Å². The van der Waals surface area contributed by atoms with Gasteiger partial charge in [0.15, 0.2) is 11.5 Å². The van der Waals surface area contributed by atoms with Gasteiger partial charge in [-0.1, -0.05) is 30.3 Å². The third kappa shape index (κ3) is 3.01. The maximum absolute atomic E-state index is 13.4. The van der Waals surface area contributed by atoms with Gasteiger partial charge in [-0.05, 0) is 24.1 Å². The van der Waals surface area contributed by atoms with Gasteiger partial charge in [0.05, 0.1) is 14.2 Å². The number of benzene rings is 2. The predicted octanol–water partition coefficient (Wildman–Crippen LogP) is 3.77. The molecule has 2 heterocycles. The molecule has 5 nitrogen and oxygen atoms in total. The van der Waals surface area contributed by atoms with Gasteiger partial charge in [-0.15, -0.1) is 0 Å². The number of hydrogen-bond acceptors (Lipinski definition) is 4. The van der Waals surface area contributed by atoms with Gasteiger partial charge in [-0.25, -0.2) is 0 Å². The van der Waals surface area contributed by atoms with Crippen molar-refractivity contribution in [3.8, 4) is 11.5 Å². The molecule has 0 saturated heterocycles. The molecule has 0 unspecified atom stereocenters. The summed E-state index contributed by atoms with van der Waals surface area (Å²) in [5.74, 6) is 1.53. The molecule has 0 saturated carbocycles. The topological polar surface area (TPSA) is 42.0 Å². The second-order valence-corrected chi connectivity index (χ2v) is 7.47. The molecule has 1 amide bonds. The number of hydrogen-bond donors (Lipinski definition) is 0. The number of nitrogens with zero attached hydrogens (tertiary/aromatic N) is 2. The monoisotopic (exact) mass is 378 g/mol. The summed E-state index contributed by atoms with van der Waals surface area (Å²) in [5, 5.41) is 0. The quantitative estimate of drug-likeness (QED) is 0.812. The van der Waals surface area contributed by atoms with Crippen LogP contribution in [0.25, 0.3) is 0 Å². The third-order valence-corrected chi connectivity index (χ3v) is 5.80. The minimum Gasteiger partial charge on any atom is -0.493 e. The Bertz CT molecular complexity index is 936. The van der Waals surface area contributed by atoms with E-state index < -0.39 is 0 Å². The number of rotatable bonds is 4. The van der Waals surface area contributed by atoms with Crippen molar-refractivity contribution in [2.24, 2.45) is 0 Å². The zero-order chi connectivity index (χ0) is 19.8. The molecule has 0 N–H and O–H groups in total. The van der Waals surface area contributed by atoms with Crippen LogP contribution in [0.5, 0.6) is 11.5 Å². The van der Waals surface area contributed by atoms with E-state index in [1.54, 1.807) is 14.2 Å². The van der Waals surface area contributed by atoms with Gasteiger partial charge < -0.3 is 19.3 Å². The van der Waals surface area contributed by atoms with Crippen molar-refractivity contribution in [1.82, 2.24) is 4.90 Å². The molecule has 146 valence electrons. The maximum atomic E-state index is 13.4. The van der Waals surface area contributed by atoms with Gasteiger partial charge in [-0.3, -0.25) is 4.79 Å². The van der Waals surface area contributed by atoms with Crippen LogP contribution in [0.1, 0.15) is 24.5 Å². The average molecular weight is 378 g/mol. The highest BCUT2D eigenvalue weighted by Crippen LogP contribution is 2.43. The van der Waals surface area contributed by atoms with Crippen molar-refractivity contribution in [1.29, 1.82) is 0 Å². The molecule has 0 bridgehead atoms. The summed E-state index contributed by atoms with van der Waals surface area (Å²) in [4.78, 5) is 17.5. The molecular formula is C23H26N2O3. The summed E-state index contributed by atoms with van der Waals surface area (Å²) >= 11 is 0. The van der Waals surface area contributed by atoms with Crippen molar-refractivity contribution in [3.05, 3.63) is 64.9 Å². The molecule has 1 atom stereocenters. The summed E-state index contributed by atoms with van der Waals surface area (Å²) in [7, 11) is 5.31. The Morgan fingerprint density at radius 1 is 1.07 bits per heavy atom. The van der Waals surface area contributed by atoms with E-state index in [9.17, 15) is 4.79 Å². The number of carbonyl (C=O) groups excluding carboxylic acids is 1. The minimum absolute atomic E-state index is 0.130. The van der Waals surface area contributed by atoms with Crippen molar-refractivity contribution < 1.29 is 14.3 Å². The van der Waals surface area contributed by atoms with Gasteiger partial charge in [0.1, 0.15) is 0 Å². The standard InChI is InChI=1S/C23H26N2O3/c1-15-10-20-18(23(26)25(15)14-16-8-6-5-7-9-16)11-17-12-21(27-3)22(28-4)13-19(17)24(20)2/h5-9,12-13,15H,10-11,14H2,1-4H3/t15-/m0/s1. The average Bonchev–Trinajstić information content (AvgIpc) is 2.72. The minimum atomic E-state index is 0.130. The van der Waals surface area contributed by atoms with Crippen LogP contribution in [0.4, 0.5) is 5.69 Å². The van der Waals surface area contributed by atoms with Gasteiger partial charge >= 0.3 is 0 Å². The molecule has 2 aromatic carbocycles. The van der Waals surface area contributed by atoms with E-state index in [1.807, 2.05) is 42.3 Å². The fourth-order valence-corrected chi connectivity index (χ4v) is 4.23. The lowest BCUT2D eigenvalue weighted by molar-refractivity contribution is -0.130. The van der Waals surface area contributed by atoms with E-state index in [2.05, 4.69) is 24.0 Å². The van der Waals surface area contributed by atoms with Gasteiger partial charge in [0.25, 0.3) is 5.91 Å². The molecule has 2 aromatic rings. The zero-order valence-electron chi connectivity index (χ0n) is 16.9. The van der Waals surface area contributed by atoms with Crippen molar-refractivity contribution >= 4 is 11.6 Å². The Kier molecular flexibility index (Phi) is 4.75. The van der Waals surface area contributed by atoms with E-state index >= 15 is 0 Å². The molecular weight excluding hydrogens is 352 g/mol. The molecule has 0 aromatic heterocycles. The summed E-state index contributed by atoms with van der Waals surface area (Å²) in [6.45, 7) is 2.77. The van der Waals surface area contributed by atoms with Gasteiger partial charge in [0, 0.05) is 55.5 Å². The van der Waals surface area contributed by atoms with Crippen molar-refractivity contribution in [2.45, 2.75) is 32.4 Å². The Balaban J connectivity index is 1.69. The first-order valence-electron chi connectivity index (χ1n) is 9.59. The first-order valence-corrected chi connectivity index (χ1v) is 9.59. The zero-order valence-corrected chi connectivity index (χ0v) is 16.9. The SMILES string of the molecule is COc1cc2c(cc1OC)N(C)C1=C(C2)C(=O)N(Cc2ccccc2)[C@@H](C)C1. The van der Waals surface area contributed by atoms with E-state index in [1.165, 1.54) is 0 Å². The van der Waals surface area contributed by atoms with Crippen LogP contribution in [-0.2, 0) is 17.8 Å². The molecule has 0 aliphatic carbocycles. The van der Waals surface area contributed by atoms with E-state index in [-0.39, 0.29) is 11.9 Å². The van der Waals surface area contributed by atoms with Gasteiger partial charge in [-0.2, -0.15) is 0 Å². The second kappa shape index (κ2) is 7.23. The van der Waals surface area contributed by atoms with E-state index in [0.29, 0.717) is 24.5 Å². The summed E-state index contributed by atoms with van der Waals surface area (Å²) in [6, 6.07) is 14.3. The van der Waals surface area contributed by atoms with Crippen LogP contribution >= 0.6 is 0 Å². The molecule has 4 rings (SSSR count). The lowest BCUT2D eigenvalue weighted by Crippen LogP contribution is -2.46. The summed E-state index contributed by atoms with van der Waals surface area (Å²) in [5.41, 5.74) is 5.31. The van der Waals surface area contributed by atoms with Crippen LogP contribution in [0.15, 0.2) is 53.7 Å². The van der Waals surface area contributed by atoms with E-state index in [4.69, 9.17) is 9.47 Å². The van der Waals surface area contributed by atoms with Crippen molar-refractivity contribution in [2.75, 3.05) is 26.2 Å². The molecule has 28 heavy (non-hydrogen) atoms. The first kappa shape index (κ1) is 18.4. The number of amides is 1. The number of carbonyl (C=O) groups is 1. The molecule has 0 spiro atoms. The fourth-order valence-electron chi connectivity index (χ4n) is 4.23. The third-order valence-electron chi connectivity index (χ3n) is 5.80. The number of ether oxygens (including phenoxy) is 2. The molecule has 2 aliphatic rings. The normalized spacial score (nSPS) is 18.7. The smallest absolute Gasteiger partial charge is 0.252 e. The lowest BCUT2D eigenvalue weighted by atomic mass is 9.88. The fraction of sp³-hybridized carbons (Fsp3) is 0.348. The highest BCUT2D eigenvalue weighted by atomic mass is 16.5. The Morgan fingerprint density at radius 3 is 2.43 bits per heavy atom. The van der Waals surface area contributed by atoms with Crippen molar-refractivity contribution in [3.63, 3.8) is 0 Å². The highest BCUT2D eigenvalue weighted by molar-refractivity contribution is 5.98. The van der Waals surface area contributed by atoms with Crippen LogP contribution < -0.4 is 14.4 Å². The Labute approximate surface area is 166 Å². The molecule has 0 radical (unpaired) electrons. The van der Waals surface area contributed by atoms with Gasteiger partial charge in [0.2, 0.25) is 0 Å². The number of fused-ring (bicyclic) bond motifs is 1. The van der Waals surface area contributed by atoms with Crippen LogP contribution in [0.2, 0.25) is 0 Å². The maximum Gasteiger partial charge on any atom is 0.252 e.